The van der Waals surface area contributed by atoms with Gasteiger partial charge >= 0.3 is 5.97 Å². The Morgan fingerprint density at radius 1 is 1.24 bits per heavy atom. The zero-order chi connectivity index (χ0) is 12.5. The van der Waals surface area contributed by atoms with Gasteiger partial charge in [0.1, 0.15) is 0 Å². The Bertz CT molecular complexity index is 340. The van der Waals surface area contributed by atoms with Crippen LogP contribution in [0.5, 0.6) is 0 Å². The summed E-state index contributed by atoms with van der Waals surface area (Å²) >= 11 is 1.63. The van der Waals surface area contributed by atoms with E-state index in [1.54, 1.807) is 23.9 Å². The number of aliphatic hydroxyl groups excluding tert-OH is 1. The highest BCUT2D eigenvalue weighted by atomic mass is 32.2. The highest BCUT2D eigenvalue weighted by molar-refractivity contribution is 7.99. The van der Waals surface area contributed by atoms with Gasteiger partial charge < -0.3 is 10.2 Å². The van der Waals surface area contributed by atoms with E-state index in [-0.39, 0.29) is 12.2 Å². The molecule has 2 N–H and O–H groups in total. The van der Waals surface area contributed by atoms with E-state index in [0.29, 0.717) is 0 Å². The Labute approximate surface area is 105 Å². The number of unbranched alkanes of at least 4 members (excludes halogenated alkanes) is 3. The lowest BCUT2D eigenvalue weighted by Gasteiger charge is -2.01. The van der Waals surface area contributed by atoms with E-state index in [0.717, 1.165) is 36.5 Å². The number of hydrogen-bond acceptors (Lipinski definition) is 4. The van der Waals surface area contributed by atoms with Crippen LogP contribution in [-0.2, 0) is 0 Å². The lowest BCUT2D eigenvalue weighted by Crippen LogP contribution is -1.96. The molecule has 0 saturated heterocycles. The van der Waals surface area contributed by atoms with Gasteiger partial charge in [-0.25, -0.2) is 9.78 Å². The van der Waals surface area contributed by atoms with E-state index < -0.39 is 5.97 Å². The van der Waals surface area contributed by atoms with E-state index in [4.69, 9.17) is 10.2 Å². The van der Waals surface area contributed by atoms with E-state index >= 15 is 0 Å². The minimum atomic E-state index is -0.946. The summed E-state index contributed by atoms with van der Waals surface area (Å²) in [6.07, 6.45) is 5.52. The molecule has 94 valence electrons. The number of aromatic carboxylic acids is 1. The van der Waals surface area contributed by atoms with Crippen molar-refractivity contribution in [2.45, 2.75) is 30.7 Å². The number of hydrogen-bond donors (Lipinski definition) is 2. The van der Waals surface area contributed by atoms with Gasteiger partial charge in [-0.1, -0.05) is 12.8 Å². The van der Waals surface area contributed by atoms with Gasteiger partial charge in [0.15, 0.2) is 0 Å². The summed E-state index contributed by atoms with van der Waals surface area (Å²) in [6.45, 7) is 0.269. The van der Waals surface area contributed by atoms with Crippen LogP contribution in [0.2, 0.25) is 0 Å². The second kappa shape index (κ2) is 8.08. The fraction of sp³-hybridized carbons (Fsp3) is 0.500. The van der Waals surface area contributed by atoms with Crippen LogP contribution in [-0.4, -0.2) is 33.5 Å². The first-order valence-corrected chi connectivity index (χ1v) is 6.65. The lowest BCUT2D eigenvalue weighted by molar-refractivity contribution is 0.0696. The Morgan fingerprint density at radius 3 is 2.59 bits per heavy atom. The van der Waals surface area contributed by atoms with Crippen molar-refractivity contribution in [3.63, 3.8) is 0 Å². The molecule has 1 aromatic rings. The van der Waals surface area contributed by atoms with Crippen molar-refractivity contribution >= 4 is 17.7 Å². The Kier molecular flexibility index (Phi) is 6.65. The van der Waals surface area contributed by atoms with Gasteiger partial charge in [0, 0.05) is 12.8 Å². The van der Waals surface area contributed by atoms with E-state index in [1.165, 1.54) is 6.20 Å². The lowest BCUT2D eigenvalue weighted by atomic mass is 10.2. The highest BCUT2D eigenvalue weighted by Crippen LogP contribution is 2.17. The molecule has 0 atom stereocenters. The first-order chi connectivity index (χ1) is 8.24. The predicted octanol–water partition coefficient (Wildman–Crippen LogP) is 2.42. The number of nitrogens with zero attached hydrogens (tertiary/aromatic N) is 1. The Morgan fingerprint density at radius 2 is 2.00 bits per heavy atom. The quantitative estimate of drug-likeness (QED) is 0.551. The summed E-state index contributed by atoms with van der Waals surface area (Å²) in [5, 5.41) is 18.2. The smallest absolute Gasteiger partial charge is 0.337 e. The molecule has 0 aliphatic carbocycles. The summed E-state index contributed by atoms with van der Waals surface area (Å²) in [6, 6.07) is 3.31. The second-order valence-corrected chi connectivity index (χ2v) is 4.79. The van der Waals surface area contributed by atoms with Gasteiger partial charge in [0.25, 0.3) is 0 Å². The van der Waals surface area contributed by atoms with Gasteiger partial charge in [-0.15, -0.1) is 11.8 Å². The molecule has 0 aliphatic heterocycles. The van der Waals surface area contributed by atoms with Crippen LogP contribution < -0.4 is 0 Å². The maximum atomic E-state index is 10.6. The number of carbonyl (C=O) groups is 1. The van der Waals surface area contributed by atoms with Crippen molar-refractivity contribution < 1.29 is 15.0 Å². The molecule has 0 unspecified atom stereocenters. The van der Waals surface area contributed by atoms with Crippen molar-refractivity contribution in [2.24, 2.45) is 0 Å². The first kappa shape index (κ1) is 14.0. The second-order valence-electron chi connectivity index (χ2n) is 3.68. The molecule has 0 aromatic carbocycles. The van der Waals surface area contributed by atoms with Crippen molar-refractivity contribution in [1.82, 2.24) is 4.98 Å². The molecule has 5 heteroatoms. The number of carboxylic acid groups (broad SMARTS) is 1. The van der Waals surface area contributed by atoms with Gasteiger partial charge in [-0.05, 0) is 30.7 Å². The van der Waals surface area contributed by atoms with Crippen LogP contribution in [0.1, 0.15) is 36.0 Å². The van der Waals surface area contributed by atoms with Crippen LogP contribution in [0.15, 0.2) is 23.4 Å². The molecule has 0 saturated carbocycles. The highest BCUT2D eigenvalue weighted by Gasteiger charge is 2.02. The van der Waals surface area contributed by atoms with Gasteiger partial charge in [0.2, 0.25) is 0 Å². The number of aliphatic hydroxyl groups is 1. The summed E-state index contributed by atoms with van der Waals surface area (Å²) < 4.78 is 0. The third-order valence-electron chi connectivity index (χ3n) is 2.29. The zero-order valence-corrected chi connectivity index (χ0v) is 10.4. The van der Waals surface area contributed by atoms with Gasteiger partial charge in [0.05, 0.1) is 10.6 Å². The molecule has 1 rings (SSSR count). The average molecular weight is 255 g/mol. The normalized spacial score (nSPS) is 10.4. The summed E-state index contributed by atoms with van der Waals surface area (Å²) in [4.78, 5) is 14.7. The van der Waals surface area contributed by atoms with Crippen molar-refractivity contribution in [3.05, 3.63) is 23.9 Å². The predicted molar refractivity (Wildman–Crippen MR) is 67.5 cm³/mol. The minimum Gasteiger partial charge on any atom is -0.478 e. The fourth-order valence-corrected chi connectivity index (χ4v) is 2.19. The molecule has 0 radical (unpaired) electrons. The average Bonchev–Trinajstić information content (AvgIpc) is 2.34. The van der Waals surface area contributed by atoms with Crippen LogP contribution in [0.3, 0.4) is 0 Å². The van der Waals surface area contributed by atoms with E-state index in [9.17, 15) is 4.79 Å². The third-order valence-corrected chi connectivity index (χ3v) is 3.32. The summed E-state index contributed by atoms with van der Waals surface area (Å²) in [5.41, 5.74) is 0.220. The molecule has 4 nitrogen and oxygen atoms in total. The topological polar surface area (TPSA) is 70.4 Å². The maximum absolute atomic E-state index is 10.6. The zero-order valence-electron chi connectivity index (χ0n) is 9.63. The number of aromatic nitrogens is 1. The van der Waals surface area contributed by atoms with Gasteiger partial charge in [-0.2, -0.15) is 0 Å². The van der Waals surface area contributed by atoms with Crippen molar-refractivity contribution in [1.29, 1.82) is 0 Å². The minimum absolute atomic E-state index is 0.220. The molecule has 0 fully saturated rings. The maximum Gasteiger partial charge on any atom is 0.337 e. The molecular formula is C12H17NO3S. The van der Waals surface area contributed by atoms with Crippen molar-refractivity contribution in [3.8, 4) is 0 Å². The molecule has 0 bridgehead atoms. The van der Waals surface area contributed by atoms with Crippen LogP contribution >= 0.6 is 11.8 Å². The molecule has 1 aromatic heterocycles. The SMILES string of the molecule is O=C(O)c1ccc(SCCCCCCO)nc1. The molecule has 0 spiro atoms. The van der Waals surface area contributed by atoms with Crippen LogP contribution in [0.25, 0.3) is 0 Å². The third kappa shape index (κ3) is 5.70. The molecular weight excluding hydrogens is 238 g/mol. The van der Waals surface area contributed by atoms with Crippen molar-refractivity contribution in [2.75, 3.05) is 12.4 Å². The number of thioether (sulfide) groups is 1. The Balaban J connectivity index is 2.21. The largest absolute Gasteiger partial charge is 0.478 e. The van der Waals surface area contributed by atoms with E-state index in [2.05, 4.69) is 4.98 Å². The standard InChI is InChI=1S/C12H17NO3S/c14-7-3-1-2-4-8-17-11-6-5-10(9-13-11)12(15)16/h5-6,9,14H,1-4,7-8H2,(H,15,16). The number of rotatable bonds is 8. The molecule has 0 aliphatic rings. The summed E-state index contributed by atoms with van der Waals surface area (Å²) in [7, 11) is 0. The first-order valence-electron chi connectivity index (χ1n) is 5.67. The molecule has 17 heavy (non-hydrogen) atoms. The summed E-state index contributed by atoms with van der Waals surface area (Å²) in [5.74, 6) is 0.0308. The monoisotopic (exact) mass is 255 g/mol. The van der Waals surface area contributed by atoms with E-state index in [1.807, 2.05) is 0 Å². The number of pyridine rings is 1. The molecule has 0 amide bonds. The van der Waals surface area contributed by atoms with Crippen LogP contribution in [0.4, 0.5) is 0 Å². The fourth-order valence-electron chi connectivity index (χ4n) is 1.34. The van der Waals surface area contributed by atoms with Crippen LogP contribution in [0, 0.1) is 0 Å². The molecule has 1 heterocycles. The Hall–Kier alpha value is -1.07. The van der Waals surface area contributed by atoms with Gasteiger partial charge in [-0.3, -0.25) is 0 Å². The number of carboxylic acids is 1.